The third-order valence-corrected chi connectivity index (χ3v) is 8.96. The van der Waals surface area contributed by atoms with E-state index in [9.17, 15) is 17.6 Å². The van der Waals surface area contributed by atoms with Crippen molar-refractivity contribution >= 4 is 38.2 Å². The van der Waals surface area contributed by atoms with E-state index in [1.54, 1.807) is 30.5 Å². The molecule has 2 aliphatic rings. The van der Waals surface area contributed by atoms with Crippen LogP contribution in [0.1, 0.15) is 50.2 Å². The van der Waals surface area contributed by atoms with Crippen LogP contribution in [0.25, 0.3) is 22.3 Å². The predicted molar refractivity (Wildman–Crippen MR) is 146 cm³/mol. The lowest BCUT2D eigenvalue weighted by Gasteiger charge is -2.12. The van der Waals surface area contributed by atoms with Crippen LogP contribution in [-0.2, 0) is 27.7 Å². The minimum absolute atomic E-state index is 0.0117. The molecule has 1 aromatic carbocycles. The van der Waals surface area contributed by atoms with Crippen molar-refractivity contribution in [1.82, 2.24) is 20.3 Å². The van der Waals surface area contributed by atoms with Crippen molar-refractivity contribution in [2.24, 2.45) is 0 Å². The molecule has 12 heteroatoms. The van der Waals surface area contributed by atoms with Gasteiger partial charge >= 0.3 is 0 Å². The fourth-order valence-electron chi connectivity index (χ4n) is 4.53. The summed E-state index contributed by atoms with van der Waals surface area (Å²) in [6, 6.07) is 11.0. The molecule has 1 amide bonds. The number of rotatable bonds is 6. The van der Waals surface area contributed by atoms with Gasteiger partial charge in [-0.2, -0.15) is 0 Å². The lowest BCUT2D eigenvalue weighted by atomic mass is 10.1. The number of amides is 1. The molecule has 1 fully saturated rings. The Morgan fingerprint density at radius 3 is 2.80 bits per heavy atom. The van der Waals surface area contributed by atoms with Gasteiger partial charge in [-0.25, -0.2) is 22.8 Å². The van der Waals surface area contributed by atoms with Gasteiger partial charge in [0.15, 0.2) is 0 Å². The van der Waals surface area contributed by atoms with E-state index in [0.29, 0.717) is 28.3 Å². The van der Waals surface area contributed by atoms with Gasteiger partial charge in [0, 0.05) is 33.7 Å². The lowest BCUT2D eigenvalue weighted by Crippen LogP contribution is -2.24. The number of nitrogens with zero attached hydrogens (tertiary/aromatic N) is 3. The van der Waals surface area contributed by atoms with Crippen molar-refractivity contribution in [3.05, 3.63) is 76.2 Å². The first kappa shape index (κ1) is 23.1. The summed E-state index contributed by atoms with van der Waals surface area (Å²) >= 11 is 6.25. The molecule has 40 heavy (non-hydrogen) atoms. The summed E-state index contributed by atoms with van der Waals surface area (Å²) in [6.07, 6.45) is 3.41. The monoisotopic (exact) mass is 585 g/mol. The average molecular weight is 586 g/mol. The molecule has 0 saturated heterocycles. The lowest BCUT2D eigenvalue weighted by molar-refractivity contribution is 0.0947. The highest BCUT2D eigenvalue weighted by molar-refractivity contribution is 7.92. The fraction of sp³-hybridized carbons (Fsp3) is 0.286. The van der Waals surface area contributed by atoms with E-state index in [1.807, 2.05) is 6.07 Å². The number of aromatic nitrogens is 3. The number of pyridine rings is 3. The molecule has 0 bridgehead atoms. The number of methoxy groups -OCH3 is 1. The number of ether oxygens (including phenoxy) is 2. The highest BCUT2D eigenvalue weighted by Crippen LogP contribution is 2.43. The van der Waals surface area contributed by atoms with Crippen LogP contribution in [0.4, 0.5) is 4.39 Å². The maximum Gasteiger partial charge on any atom is 0.251 e. The minimum atomic E-state index is -4.38. The highest BCUT2D eigenvalue weighted by atomic mass is 35.5. The van der Waals surface area contributed by atoms with Gasteiger partial charge in [0.05, 0.1) is 64.1 Å². The van der Waals surface area contributed by atoms with Gasteiger partial charge in [-0.05, 0) is 55.3 Å². The molecule has 4 heterocycles. The summed E-state index contributed by atoms with van der Waals surface area (Å²) < 4.78 is 72.0. The molecule has 0 spiro atoms. The first-order valence-corrected chi connectivity index (χ1v) is 14.3. The second kappa shape index (κ2) is 10.4. The van der Waals surface area contributed by atoms with Gasteiger partial charge in [0.25, 0.3) is 5.91 Å². The molecule has 6 rings (SSSR count). The van der Waals surface area contributed by atoms with Crippen molar-refractivity contribution in [1.29, 1.82) is 0 Å². The Kier molecular flexibility index (Phi) is 5.99. The van der Waals surface area contributed by atoms with E-state index in [2.05, 4.69) is 15.3 Å². The number of alkyl halides is 1. The van der Waals surface area contributed by atoms with Crippen molar-refractivity contribution in [2.75, 3.05) is 13.6 Å². The van der Waals surface area contributed by atoms with E-state index in [1.165, 1.54) is 6.07 Å². The Bertz CT molecular complexity index is 1870. The molecule has 0 unspecified atom stereocenters. The van der Waals surface area contributed by atoms with Crippen molar-refractivity contribution in [2.45, 2.75) is 42.3 Å². The molecule has 3 aromatic heterocycles. The number of hydrogen-bond acceptors (Lipinski definition) is 8. The molecule has 1 aliphatic heterocycles. The van der Waals surface area contributed by atoms with Crippen LogP contribution < -0.4 is 10.1 Å². The Morgan fingerprint density at radius 2 is 2.00 bits per heavy atom. The van der Waals surface area contributed by atoms with Crippen LogP contribution in [0.15, 0.2) is 53.6 Å². The highest BCUT2D eigenvalue weighted by Gasteiger charge is 2.34. The zero-order chi connectivity index (χ0) is 30.5. The molecular weight excluding hydrogens is 559 g/mol. The SMILES string of the molecule is [2H]C([2H])([2H])Oc1ccc(-c2ccc3cnc(CNC(=O)c4cc(Cl)c5c(c4)S(=O)(=O)[C@@H](F)COC5)cc3n2)nc1C1CC1. The summed E-state index contributed by atoms with van der Waals surface area (Å²) in [5, 5.41) is 3.41. The second-order valence-electron chi connectivity index (χ2n) is 9.61. The Hall–Kier alpha value is -3.67. The number of carbonyl (C=O) groups excluding carboxylic acids is 1. The fourth-order valence-corrected chi connectivity index (χ4v) is 6.21. The van der Waals surface area contributed by atoms with Gasteiger partial charge in [-0.15, -0.1) is 0 Å². The standard InChI is InChI=1S/C28H24ClFN4O5S/c1-38-24-7-6-22(34-27(24)15-2-3-15)21-5-4-16-11-31-18(10-23(16)33-21)12-32-28(35)17-8-20(29)19-13-39-14-26(30)40(36,37)25(19)9-17/h4-11,15,26H,2-3,12-14H2,1H3,(H,32,35)/t26-/m1/s1/i1D3. The van der Waals surface area contributed by atoms with E-state index in [4.69, 9.17) is 30.2 Å². The van der Waals surface area contributed by atoms with E-state index in [-0.39, 0.29) is 45.9 Å². The third kappa shape index (κ3) is 5.00. The minimum Gasteiger partial charge on any atom is -0.495 e. The predicted octanol–water partition coefficient (Wildman–Crippen LogP) is 4.76. The van der Waals surface area contributed by atoms with Gasteiger partial charge in [0.2, 0.25) is 15.3 Å². The summed E-state index contributed by atoms with van der Waals surface area (Å²) in [4.78, 5) is 26.3. The molecule has 9 nitrogen and oxygen atoms in total. The van der Waals surface area contributed by atoms with Crippen LogP contribution in [-0.4, -0.2) is 48.4 Å². The first-order valence-electron chi connectivity index (χ1n) is 13.9. The molecule has 0 radical (unpaired) electrons. The summed E-state index contributed by atoms with van der Waals surface area (Å²) in [5.74, 6) is -0.251. The quantitative estimate of drug-likeness (QED) is 0.344. The van der Waals surface area contributed by atoms with Crippen LogP contribution in [0.5, 0.6) is 5.75 Å². The van der Waals surface area contributed by atoms with Crippen molar-refractivity contribution in [3.8, 4) is 17.1 Å². The topological polar surface area (TPSA) is 120 Å². The number of sulfone groups is 1. The van der Waals surface area contributed by atoms with Crippen molar-refractivity contribution < 1.29 is 31.2 Å². The Labute approximate surface area is 238 Å². The van der Waals surface area contributed by atoms with E-state index < -0.39 is 34.9 Å². The average Bonchev–Trinajstić information content (AvgIpc) is 3.81. The largest absolute Gasteiger partial charge is 0.495 e. The zero-order valence-corrected chi connectivity index (χ0v) is 22.4. The van der Waals surface area contributed by atoms with Crippen molar-refractivity contribution in [3.63, 3.8) is 0 Å². The van der Waals surface area contributed by atoms with Crippen LogP contribution in [0, 0.1) is 0 Å². The van der Waals surface area contributed by atoms with Crippen LogP contribution in [0.2, 0.25) is 5.02 Å². The smallest absolute Gasteiger partial charge is 0.251 e. The van der Waals surface area contributed by atoms with Gasteiger partial charge in [-0.3, -0.25) is 9.78 Å². The number of fused-ring (bicyclic) bond motifs is 2. The molecule has 206 valence electrons. The molecular formula is C28H24ClFN4O5S. The van der Waals surface area contributed by atoms with Gasteiger partial charge in [0.1, 0.15) is 5.75 Å². The van der Waals surface area contributed by atoms with Crippen LogP contribution in [0.3, 0.4) is 0 Å². The maximum absolute atomic E-state index is 14.2. The summed E-state index contributed by atoms with van der Waals surface area (Å²) in [6.45, 7) is -0.828. The van der Waals surface area contributed by atoms with Crippen LogP contribution >= 0.6 is 11.6 Å². The van der Waals surface area contributed by atoms with Gasteiger partial charge < -0.3 is 14.8 Å². The first-order chi connectivity index (χ1) is 20.4. The summed E-state index contributed by atoms with van der Waals surface area (Å²) in [7, 11) is -6.96. The molecule has 1 N–H and O–H groups in total. The zero-order valence-electron chi connectivity index (χ0n) is 23.9. The number of halogens is 2. The Balaban J connectivity index is 1.23. The second-order valence-corrected chi connectivity index (χ2v) is 12.1. The van der Waals surface area contributed by atoms with E-state index in [0.717, 1.165) is 24.3 Å². The number of carbonyl (C=O) groups is 1. The van der Waals surface area contributed by atoms with Gasteiger partial charge in [-0.1, -0.05) is 11.6 Å². The van der Waals surface area contributed by atoms with E-state index >= 15 is 0 Å². The third-order valence-electron chi connectivity index (χ3n) is 6.84. The molecule has 1 aliphatic carbocycles. The molecule has 1 atom stereocenters. The number of nitrogens with one attached hydrogen (secondary N) is 1. The maximum atomic E-state index is 14.2. The number of hydrogen-bond donors (Lipinski definition) is 1. The Morgan fingerprint density at radius 1 is 1.20 bits per heavy atom. The molecule has 1 saturated carbocycles. The number of benzene rings is 1. The molecule has 4 aromatic rings. The summed E-state index contributed by atoms with van der Waals surface area (Å²) in [5.41, 5.74) is 0.566. The normalized spacial score (nSPS) is 19.6.